The maximum absolute atomic E-state index is 12.9. The Hall–Kier alpha value is -2.59. The van der Waals surface area contributed by atoms with Crippen molar-refractivity contribution in [2.45, 2.75) is 18.7 Å². The van der Waals surface area contributed by atoms with E-state index in [0.717, 1.165) is 17.0 Å². The van der Waals surface area contributed by atoms with Crippen LogP contribution in [-0.4, -0.2) is 28.6 Å². The van der Waals surface area contributed by atoms with Gasteiger partial charge in [-0.1, -0.05) is 66.2 Å². The Morgan fingerprint density at radius 2 is 1.81 bits per heavy atom. The molecule has 0 aliphatic heterocycles. The minimum atomic E-state index is -0.181. The van der Waals surface area contributed by atoms with Gasteiger partial charge in [-0.15, -0.1) is 11.8 Å². The van der Waals surface area contributed by atoms with E-state index in [9.17, 15) is 4.79 Å². The number of carbonyl (C=O) groups excluding carboxylic acids is 1. The van der Waals surface area contributed by atoms with Crippen molar-refractivity contribution in [2.75, 3.05) is 12.8 Å². The SMILES string of the molecule is Cc1cccc(CSCC(=O)N(C)C(c2ccccc2)c2ccccn2)c1. The molecule has 0 saturated carbocycles. The Kier molecular flexibility index (Phi) is 6.66. The van der Waals surface area contributed by atoms with Crippen molar-refractivity contribution in [3.63, 3.8) is 0 Å². The number of hydrogen-bond donors (Lipinski definition) is 0. The van der Waals surface area contributed by atoms with Crippen molar-refractivity contribution in [1.29, 1.82) is 0 Å². The van der Waals surface area contributed by atoms with Crippen LogP contribution in [0.5, 0.6) is 0 Å². The highest BCUT2D eigenvalue weighted by Crippen LogP contribution is 2.27. The van der Waals surface area contributed by atoms with Crippen LogP contribution in [0.2, 0.25) is 0 Å². The number of carbonyl (C=O) groups is 1. The molecule has 4 heteroatoms. The Balaban J connectivity index is 1.70. The van der Waals surface area contributed by atoms with Gasteiger partial charge in [0.1, 0.15) is 0 Å². The number of benzene rings is 2. The molecule has 3 rings (SSSR count). The van der Waals surface area contributed by atoms with Gasteiger partial charge >= 0.3 is 0 Å². The molecule has 0 spiro atoms. The third-order valence-corrected chi connectivity index (χ3v) is 5.43. The van der Waals surface area contributed by atoms with Gasteiger partial charge in [-0.2, -0.15) is 0 Å². The summed E-state index contributed by atoms with van der Waals surface area (Å²) in [5, 5.41) is 0. The van der Waals surface area contributed by atoms with Gasteiger partial charge in [0.15, 0.2) is 0 Å². The summed E-state index contributed by atoms with van der Waals surface area (Å²) in [6, 6.07) is 24.1. The minimum absolute atomic E-state index is 0.104. The summed E-state index contributed by atoms with van der Waals surface area (Å²) in [5.41, 5.74) is 4.44. The molecule has 0 fully saturated rings. The van der Waals surface area contributed by atoms with E-state index >= 15 is 0 Å². The van der Waals surface area contributed by atoms with Crippen LogP contribution in [0.25, 0.3) is 0 Å². The third-order valence-electron chi connectivity index (χ3n) is 4.44. The number of amides is 1. The Bertz CT molecular complexity index is 828. The lowest BCUT2D eigenvalue weighted by Gasteiger charge is -2.28. The van der Waals surface area contributed by atoms with Crippen LogP contribution in [0, 0.1) is 6.92 Å². The first kappa shape index (κ1) is 19.2. The molecule has 0 saturated heterocycles. The summed E-state index contributed by atoms with van der Waals surface area (Å²) < 4.78 is 0. The summed E-state index contributed by atoms with van der Waals surface area (Å²) in [6.45, 7) is 2.09. The fourth-order valence-corrected chi connectivity index (χ4v) is 3.97. The molecule has 27 heavy (non-hydrogen) atoms. The monoisotopic (exact) mass is 376 g/mol. The van der Waals surface area contributed by atoms with Crippen LogP contribution >= 0.6 is 11.8 Å². The molecule has 2 aromatic carbocycles. The van der Waals surface area contributed by atoms with Gasteiger partial charge < -0.3 is 4.90 Å². The molecule has 0 radical (unpaired) electrons. The van der Waals surface area contributed by atoms with E-state index < -0.39 is 0 Å². The largest absolute Gasteiger partial charge is 0.332 e. The summed E-state index contributed by atoms with van der Waals surface area (Å²) in [4.78, 5) is 19.2. The lowest BCUT2D eigenvalue weighted by Crippen LogP contribution is -2.33. The van der Waals surface area contributed by atoms with E-state index in [1.54, 1.807) is 22.9 Å². The third kappa shape index (κ3) is 5.20. The second-order valence-corrected chi connectivity index (χ2v) is 7.54. The van der Waals surface area contributed by atoms with Crippen LogP contribution in [0.15, 0.2) is 79.0 Å². The maximum Gasteiger partial charge on any atom is 0.233 e. The molecule has 3 nitrogen and oxygen atoms in total. The molecule has 0 aliphatic carbocycles. The van der Waals surface area contributed by atoms with Crippen LogP contribution in [0.3, 0.4) is 0 Å². The van der Waals surface area contributed by atoms with E-state index in [4.69, 9.17) is 0 Å². The van der Waals surface area contributed by atoms with E-state index in [0.29, 0.717) is 5.75 Å². The number of nitrogens with zero attached hydrogens (tertiary/aromatic N) is 2. The van der Waals surface area contributed by atoms with Gasteiger partial charge in [0.25, 0.3) is 0 Å². The molecular formula is C23H24N2OS. The quantitative estimate of drug-likeness (QED) is 0.590. The summed E-state index contributed by atoms with van der Waals surface area (Å²) >= 11 is 1.65. The molecule has 1 aromatic heterocycles. The van der Waals surface area contributed by atoms with Gasteiger partial charge in [0, 0.05) is 19.0 Å². The fourth-order valence-electron chi connectivity index (χ4n) is 3.07. The van der Waals surface area contributed by atoms with Crippen molar-refractivity contribution in [3.05, 3.63) is 101 Å². The standard InChI is InChI=1S/C23H24N2OS/c1-18-9-8-10-19(15-18)16-27-17-22(26)25(2)23(20-11-4-3-5-12-20)21-13-6-7-14-24-21/h3-15,23H,16-17H2,1-2H3. The number of thioether (sulfide) groups is 1. The van der Waals surface area contributed by atoms with Gasteiger partial charge in [0.2, 0.25) is 5.91 Å². The van der Waals surface area contributed by atoms with Gasteiger partial charge in [0.05, 0.1) is 17.5 Å². The average molecular weight is 377 g/mol. The van der Waals surface area contributed by atoms with Crippen LogP contribution in [-0.2, 0) is 10.5 Å². The lowest BCUT2D eigenvalue weighted by molar-refractivity contribution is -0.128. The number of hydrogen-bond acceptors (Lipinski definition) is 3. The van der Waals surface area contributed by atoms with E-state index in [2.05, 4.69) is 36.2 Å². The van der Waals surface area contributed by atoms with Crippen molar-refractivity contribution < 1.29 is 4.79 Å². The minimum Gasteiger partial charge on any atom is -0.332 e. The topological polar surface area (TPSA) is 33.2 Å². The Morgan fingerprint density at radius 3 is 2.52 bits per heavy atom. The number of aryl methyl sites for hydroxylation is 1. The molecule has 3 aromatic rings. The Labute approximate surface area is 165 Å². The molecule has 1 atom stereocenters. The zero-order valence-corrected chi connectivity index (χ0v) is 16.5. The lowest BCUT2D eigenvalue weighted by atomic mass is 10.0. The molecule has 0 N–H and O–H groups in total. The van der Waals surface area contributed by atoms with Gasteiger partial charge in [-0.05, 0) is 30.2 Å². The summed E-state index contributed by atoms with van der Waals surface area (Å²) in [6.07, 6.45) is 1.77. The van der Waals surface area contributed by atoms with Crippen molar-refractivity contribution in [2.24, 2.45) is 0 Å². The molecule has 0 bridgehead atoms. The van der Waals surface area contributed by atoms with Crippen LogP contribution in [0.4, 0.5) is 0 Å². The van der Waals surface area contributed by atoms with Gasteiger partial charge in [-0.25, -0.2) is 0 Å². The van der Waals surface area contributed by atoms with E-state index in [1.165, 1.54) is 11.1 Å². The van der Waals surface area contributed by atoms with Crippen LogP contribution in [0.1, 0.15) is 28.4 Å². The highest BCUT2D eigenvalue weighted by atomic mass is 32.2. The Morgan fingerprint density at radius 1 is 1.04 bits per heavy atom. The highest BCUT2D eigenvalue weighted by molar-refractivity contribution is 7.99. The first-order valence-corrected chi connectivity index (χ1v) is 10.2. The molecule has 1 unspecified atom stereocenters. The molecule has 0 aliphatic rings. The zero-order chi connectivity index (χ0) is 19.1. The molecule has 138 valence electrons. The predicted octanol–water partition coefficient (Wildman–Crippen LogP) is 4.87. The molecule has 1 amide bonds. The molecular weight excluding hydrogens is 352 g/mol. The van der Waals surface area contributed by atoms with Gasteiger partial charge in [-0.3, -0.25) is 9.78 Å². The summed E-state index contributed by atoms with van der Waals surface area (Å²) in [7, 11) is 1.86. The first-order valence-electron chi connectivity index (χ1n) is 9.00. The summed E-state index contributed by atoms with van der Waals surface area (Å²) in [5.74, 6) is 1.38. The average Bonchev–Trinajstić information content (AvgIpc) is 2.70. The number of pyridine rings is 1. The molecule has 1 heterocycles. The van der Waals surface area contributed by atoms with E-state index in [-0.39, 0.29) is 11.9 Å². The first-order chi connectivity index (χ1) is 13.1. The highest BCUT2D eigenvalue weighted by Gasteiger charge is 2.24. The second kappa shape index (κ2) is 9.38. The van der Waals surface area contributed by atoms with Crippen LogP contribution < -0.4 is 0 Å². The van der Waals surface area contributed by atoms with Crippen molar-refractivity contribution >= 4 is 17.7 Å². The fraction of sp³-hybridized carbons (Fsp3) is 0.217. The normalized spacial score (nSPS) is 11.8. The van der Waals surface area contributed by atoms with E-state index in [1.807, 2.05) is 55.6 Å². The van der Waals surface area contributed by atoms with Crippen molar-refractivity contribution in [3.8, 4) is 0 Å². The number of aromatic nitrogens is 1. The predicted molar refractivity (Wildman–Crippen MR) is 113 cm³/mol. The van der Waals surface area contributed by atoms with Crippen molar-refractivity contribution in [1.82, 2.24) is 9.88 Å². The maximum atomic E-state index is 12.9. The smallest absolute Gasteiger partial charge is 0.233 e. The zero-order valence-electron chi connectivity index (χ0n) is 15.7. The number of rotatable bonds is 7. The second-order valence-electron chi connectivity index (χ2n) is 6.55.